The highest BCUT2D eigenvalue weighted by Crippen LogP contribution is 2.36. The zero-order valence-electron chi connectivity index (χ0n) is 13.8. The molecule has 6 nitrogen and oxygen atoms in total. The van der Waals surface area contributed by atoms with Crippen LogP contribution in [0.5, 0.6) is 0 Å². The summed E-state index contributed by atoms with van der Waals surface area (Å²) < 4.78 is 18.3. The Balaban J connectivity index is 2.37. The van der Waals surface area contributed by atoms with Gasteiger partial charge in [0, 0.05) is 11.2 Å². The molecule has 2 heterocycles. The Morgan fingerprint density at radius 2 is 1.76 bits per heavy atom. The summed E-state index contributed by atoms with van der Waals surface area (Å²) >= 11 is 0. The summed E-state index contributed by atoms with van der Waals surface area (Å²) in [6.45, 7) is 13.7. The minimum absolute atomic E-state index is 0.309. The zero-order chi connectivity index (χ0) is 16.0. The van der Waals surface area contributed by atoms with Crippen LogP contribution >= 0.6 is 0 Å². The Morgan fingerprint density at radius 3 is 2.24 bits per heavy atom. The van der Waals surface area contributed by atoms with Crippen molar-refractivity contribution in [1.29, 1.82) is 0 Å². The van der Waals surface area contributed by atoms with Gasteiger partial charge in [-0.15, -0.1) is 0 Å². The van der Waals surface area contributed by atoms with E-state index in [2.05, 4.69) is 5.10 Å². The van der Waals surface area contributed by atoms with Gasteiger partial charge in [0.1, 0.15) is 0 Å². The number of hydrogen-bond acceptors (Lipinski definition) is 5. The van der Waals surface area contributed by atoms with Gasteiger partial charge in [0.25, 0.3) is 0 Å². The van der Waals surface area contributed by atoms with Gasteiger partial charge in [-0.3, -0.25) is 0 Å². The van der Waals surface area contributed by atoms with Crippen molar-refractivity contribution in [1.82, 2.24) is 9.78 Å². The molecule has 1 aromatic rings. The summed E-state index contributed by atoms with van der Waals surface area (Å²) in [5, 5.41) is 4.25. The van der Waals surface area contributed by atoms with Gasteiger partial charge in [-0.2, -0.15) is 9.78 Å². The maximum absolute atomic E-state index is 11.9. The van der Waals surface area contributed by atoms with Crippen molar-refractivity contribution in [3.05, 3.63) is 11.4 Å². The molecule has 0 N–H and O–H groups in total. The van der Waals surface area contributed by atoms with Crippen LogP contribution in [-0.2, 0) is 14.0 Å². The van der Waals surface area contributed by atoms with E-state index in [-0.39, 0.29) is 0 Å². The minimum atomic E-state index is -0.529. The van der Waals surface area contributed by atoms with Crippen LogP contribution in [0, 0.1) is 13.8 Å². The van der Waals surface area contributed by atoms with E-state index in [0.29, 0.717) is 18.0 Å². The SMILES string of the molecule is CCOC(=O)n1nc(C)c(B2OC(C)(C)C(C)(C)O2)c1C. The molecular formula is C14H23BN2O4. The number of aromatic nitrogens is 2. The van der Waals surface area contributed by atoms with Crippen LogP contribution in [0.25, 0.3) is 0 Å². The van der Waals surface area contributed by atoms with Crippen molar-refractivity contribution >= 4 is 18.7 Å². The van der Waals surface area contributed by atoms with E-state index in [0.717, 1.165) is 5.46 Å². The number of carbonyl (C=O) groups excluding carboxylic acids is 1. The van der Waals surface area contributed by atoms with Crippen molar-refractivity contribution in [2.24, 2.45) is 0 Å². The molecule has 116 valence electrons. The summed E-state index contributed by atoms with van der Waals surface area (Å²) in [4.78, 5) is 11.9. The highest BCUT2D eigenvalue weighted by molar-refractivity contribution is 6.63. The van der Waals surface area contributed by atoms with E-state index < -0.39 is 24.4 Å². The van der Waals surface area contributed by atoms with Crippen LogP contribution in [0.15, 0.2) is 0 Å². The van der Waals surface area contributed by atoms with Crippen molar-refractivity contribution in [3.63, 3.8) is 0 Å². The van der Waals surface area contributed by atoms with Gasteiger partial charge in [-0.05, 0) is 48.5 Å². The van der Waals surface area contributed by atoms with Gasteiger partial charge >= 0.3 is 13.2 Å². The Morgan fingerprint density at radius 1 is 1.24 bits per heavy atom. The van der Waals surface area contributed by atoms with Crippen molar-refractivity contribution in [2.45, 2.75) is 59.7 Å². The third kappa shape index (κ3) is 2.60. The summed E-state index contributed by atoms with van der Waals surface area (Å²) in [5.74, 6) is 0. The molecule has 1 aliphatic rings. The first-order chi connectivity index (χ1) is 9.60. The minimum Gasteiger partial charge on any atom is -0.448 e. The maximum atomic E-state index is 11.9. The van der Waals surface area contributed by atoms with E-state index >= 15 is 0 Å². The van der Waals surface area contributed by atoms with Gasteiger partial charge in [0.15, 0.2) is 0 Å². The number of aryl methyl sites for hydroxylation is 1. The fourth-order valence-corrected chi connectivity index (χ4v) is 2.32. The molecule has 0 radical (unpaired) electrons. The zero-order valence-corrected chi connectivity index (χ0v) is 13.8. The standard InChI is InChI=1S/C14H23BN2O4/c1-8-19-12(18)17-10(3)11(9(2)16-17)15-20-13(4,5)14(6,7)21-15/h8H2,1-7H3. The molecule has 0 aromatic carbocycles. The second kappa shape index (κ2) is 5.14. The lowest BCUT2D eigenvalue weighted by molar-refractivity contribution is 0.00578. The van der Waals surface area contributed by atoms with Gasteiger partial charge < -0.3 is 14.0 Å². The predicted octanol–water partition coefficient (Wildman–Crippen LogP) is 1.80. The highest BCUT2D eigenvalue weighted by atomic mass is 16.7. The van der Waals surface area contributed by atoms with Crippen LogP contribution in [0.4, 0.5) is 4.79 Å². The molecule has 0 spiro atoms. The van der Waals surface area contributed by atoms with Crippen LogP contribution in [-0.4, -0.2) is 40.8 Å². The fourth-order valence-electron chi connectivity index (χ4n) is 2.32. The molecule has 0 unspecified atom stereocenters. The fraction of sp³-hybridized carbons (Fsp3) is 0.714. The molecule has 0 amide bonds. The molecule has 0 aliphatic carbocycles. The Labute approximate surface area is 125 Å². The molecule has 1 fully saturated rings. The molecular weight excluding hydrogens is 271 g/mol. The summed E-state index contributed by atoms with van der Waals surface area (Å²) in [7, 11) is -0.529. The molecule has 0 bridgehead atoms. The molecule has 0 saturated carbocycles. The lowest BCUT2D eigenvalue weighted by atomic mass is 9.77. The van der Waals surface area contributed by atoms with Gasteiger partial charge in [0.2, 0.25) is 0 Å². The Bertz CT molecular complexity index is 550. The van der Waals surface area contributed by atoms with E-state index in [1.165, 1.54) is 4.68 Å². The van der Waals surface area contributed by atoms with E-state index in [1.807, 2.05) is 41.5 Å². The number of hydrogen-bond donors (Lipinski definition) is 0. The first-order valence-corrected chi connectivity index (χ1v) is 7.19. The largest absolute Gasteiger partial charge is 0.498 e. The first-order valence-electron chi connectivity index (χ1n) is 7.19. The van der Waals surface area contributed by atoms with E-state index in [1.54, 1.807) is 6.92 Å². The normalized spacial score (nSPS) is 19.9. The first kappa shape index (κ1) is 16.0. The topological polar surface area (TPSA) is 62.6 Å². The summed E-state index contributed by atoms with van der Waals surface area (Å²) in [5.41, 5.74) is 1.33. The van der Waals surface area contributed by atoms with Crippen molar-refractivity contribution in [3.8, 4) is 0 Å². The second-order valence-corrected chi connectivity index (χ2v) is 6.28. The lowest BCUT2D eigenvalue weighted by Crippen LogP contribution is -2.41. The molecule has 7 heteroatoms. The average molecular weight is 294 g/mol. The lowest BCUT2D eigenvalue weighted by Gasteiger charge is -2.32. The number of nitrogens with zero attached hydrogens (tertiary/aromatic N) is 2. The maximum Gasteiger partial charge on any atom is 0.498 e. The predicted molar refractivity (Wildman–Crippen MR) is 79.8 cm³/mol. The van der Waals surface area contributed by atoms with Gasteiger partial charge in [0.05, 0.1) is 23.5 Å². The Hall–Kier alpha value is -1.34. The van der Waals surface area contributed by atoms with Crippen LogP contribution < -0.4 is 5.46 Å². The van der Waals surface area contributed by atoms with Crippen LogP contribution in [0.3, 0.4) is 0 Å². The summed E-state index contributed by atoms with van der Waals surface area (Å²) in [6.07, 6.45) is -0.485. The molecule has 1 saturated heterocycles. The Kier molecular flexibility index (Phi) is 3.93. The van der Waals surface area contributed by atoms with E-state index in [4.69, 9.17) is 14.0 Å². The molecule has 0 atom stereocenters. The number of ether oxygens (including phenoxy) is 1. The van der Waals surface area contributed by atoms with Gasteiger partial charge in [-0.1, -0.05) is 0 Å². The van der Waals surface area contributed by atoms with Crippen molar-refractivity contribution < 1.29 is 18.8 Å². The van der Waals surface area contributed by atoms with Crippen molar-refractivity contribution in [2.75, 3.05) is 6.61 Å². The monoisotopic (exact) mass is 294 g/mol. The number of rotatable bonds is 2. The van der Waals surface area contributed by atoms with Gasteiger partial charge in [-0.25, -0.2) is 4.79 Å². The third-order valence-electron chi connectivity index (χ3n) is 4.28. The summed E-state index contributed by atoms with van der Waals surface area (Å²) in [6, 6.07) is 0. The quantitative estimate of drug-likeness (QED) is 0.778. The van der Waals surface area contributed by atoms with Crippen LogP contribution in [0.2, 0.25) is 0 Å². The van der Waals surface area contributed by atoms with E-state index in [9.17, 15) is 4.79 Å². The highest BCUT2D eigenvalue weighted by Gasteiger charge is 2.53. The molecule has 1 aliphatic heterocycles. The molecule has 2 rings (SSSR count). The molecule has 1 aromatic heterocycles. The second-order valence-electron chi connectivity index (χ2n) is 6.28. The molecule has 21 heavy (non-hydrogen) atoms. The smallest absolute Gasteiger partial charge is 0.448 e. The van der Waals surface area contributed by atoms with Crippen LogP contribution in [0.1, 0.15) is 46.0 Å². The third-order valence-corrected chi connectivity index (χ3v) is 4.28. The number of carbonyl (C=O) groups is 1. The average Bonchev–Trinajstić information content (AvgIpc) is 2.73.